The minimum absolute atomic E-state index is 0.166. The van der Waals surface area contributed by atoms with Crippen molar-refractivity contribution in [1.82, 2.24) is 15.2 Å². The van der Waals surface area contributed by atoms with Gasteiger partial charge in [0.1, 0.15) is 5.15 Å². The molecule has 0 saturated heterocycles. The Hall–Kier alpha value is -1.59. The molecule has 7 heteroatoms. The maximum atomic E-state index is 11.8. The molecule has 0 spiro atoms. The van der Waals surface area contributed by atoms with Crippen LogP contribution in [0.4, 0.5) is 5.82 Å². The molecule has 0 aliphatic heterocycles. The predicted molar refractivity (Wildman–Crippen MR) is 65.5 cm³/mol. The molecule has 0 fully saturated rings. The Morgan fingerprint density at radius 1 is 1.41 bits per heavy atom. The molecular formula is C10H8Cl2N4O. The van der Waals surface area contributed by atoms with Gasteiger partial charge in [0.05, 0.1) is 10.6 Å². The number of aromatic amines is 1. The van der Waals surface area contributed by atoms with Gasteiger partial charge in [0.2, 0.25) is 0 Å². The molecule has 1 amide bonds. The number of aryl methyl sites for hydroxylation is 1. The molecule has 2 aromatic rings. The van der Waals surface area contributed by atoms with Crippen LogP contribution in [-0.2, 0) is 0 Å². The summed E-state index contributed by atoms with van der Waals surface area (Å²) >= 11 is 11.4. The summed E-state index contributed by atoms with van der Waals surface area (Å²) in [5, 5.41) is 9.61. The van der Waals surface area contributed by atoms with E-state index in [1.807, 2.05) is 6.92 Å². The van der Waals surface area contributed by atoms with Crippen LogP contribution in [0.5, 0.6) is 0 Å². The lowest BCUT2D eigenvalue weighted by Gasteiger charge is -2.02. The zero-order valence-electron chi connectivity index (χ0n) is 8.79. The average molecular weight is 271 g/mol. The normalized spacial score (nSPS) is 10.3. The first-order valence-electron chi connectivity index (χ1n) is 4.70. The zero-order valence-corrected chi connectivity index (χ0v) is 10.3. The van der Waals surface area contributed by atoms with Crippen molar-refractivity contribution in [1.29, 1.82) is 0 Å². The first-order chi connectivity index (χ1) is 8.06. The monoisotopic (exact) mass is 270 g/mol. The fraction of sp³-hybridized carbons (Fsp3) is 0.100. The number of anilines is 1. The standard InChI is InChI=1S/C10H8Cl2N4O/c1-5-2-8(16-15-5)14-10(17)6-3-7(11)9(12)13-4-6/h2-4H,1H3,(H2,14,15,16,17). The highest BCUT2D eigenvalue weighted by Gasteiger charge is 2.10. The van der Waals surface area contributed by atoms with Gasteiger partial charge in [0.15, 0.2) is 5.82 Å². The zero-order chi connectivity index (χ0) is 12.4. The quantitative estimate of drug-likeness (QED) is 0.825. The molecule has 5 nitrogen and oxygen atoms in total. The molecule has 0 aliphatic carbocycles. The number of rotatable bonds is 2. The smallest absolute Gasteiger partial charge is 0.258 e. The first-order valence-corrected chi connectivity index (χ1v) is 5.46. The second kappa shape index (κ2) is 4.73. The largest absolute Gasteiger partial charge is 0.305 e. The highest BCUT2D eigenvalue weighted by atomic mass is 35.5. The Kier molecular flexibility index (Phi) is 3.31. The first kappa shape index (κ1) is 11.9. The minimum atomic E-state index is -0.345. The molecule has 0 bridgehead atoms. The molecule has 17 heavy (non-hydrogen) atoms. The fourth-order valence-corrected chi connectivity index (χ4v) is 1.49. The molecule has 0 aliphatic rings. The number of hydrogen-bond donors (Lipinski definition) is 2. The number of pyridine rings is 1. The van der Waals surface area contributed by atoms with Gasteiger partial charge in [-0.2, -0.15) is 5.10 Å². The Morgan fingerprint density at radius 3 is 2.76 bits per heavy atom. The summed E-state index contributed by atoms with van der Waals surface area (Å²) in [5.74, 6) is 0.0983. The third-order valence-electron chi connectivity index (χ3n) is 2.01. The van der Waals surface area contributed by atoms with Crippen LogP contribution in [0, 0.1) is 6.92 Å². The Balaban J connectivity index is 2.17. The predicted octanol–water partition coefficient (Wildman–Crippen LogP) is 2.67. The van der Waals surface area contributed by atoms with Gasteiger partial charge in [-0.05, 0) is 13.0 Å². The number of carbonyl (C=O) groups is 1. The molecule has 2 aromatic heterocycles. The molecular weight excluding hydrogens is 263 g/mol. The van der Waals surface area contributed by atoms with Gasteiger partial charge in [0, 0.05) is 18.0 Å². The molecule has 0 unspecified atom stereocenters. The number of H-pyrrole nitrogens is 1. The summed E-state index contributed by atoms with van der Waals surface area (Å²) in [4.78, 5) is 15.6. The van der Waals surface area contributed by atoms with Gasteiger partial charge >= 0.3 is 0 Å². The minimum Gasteiger partial charge on any atom is -0.305 e. The van der Waals surface area contributed by atoms with E-state index >= 15 is 0 Å². The topological polar surface area (TPSA) is 70.7 Å². The number of hydrogen-bond acceptors (Lipinski definition) is 3. The van der Waals surface area contributed by atoms with Gasteiger partial charge in [-0.25, -0.2) is 4.98 Å². The van der Waals surface area contributed by atoms with E-state index in [1.165, 1.54) is 12.3 Å². The number of halogens is 2. The average Bonchev–Trinajstić information content (AvgIpc) is 2.68. The molecule has 0 radical (unpaired) electrons. The van der Waals surface area contributed by atoms with Crippen LogP contribution >= 0.6 is 23.2 Å². The van der Waals surface area contributed by atoms with E-state index in [0.29, 0.717) is 11.4 Å². The Labute approximate surface area is 107 Å². The van der Waals surface area contributed by atoms with Gasteiger partial charge in [-0.1, -0.05) is 23.2 Å². The summed E-state index contributed by atoms with van der Waals surface area (Å²) < 4.78 is 0. The van der Waals surface area contributed by atoms with Crippen LogP contribution in [0.25, 0.3) is 0 Å². The van der Waals surface area contributed by atoms with Crippen LogP contribution in [0.1, 0.15) is 16.1 Å². The Morgan fingerprint density at radius 2 is 2.18 bits per heavy atom. The maximum absolute atomic E-state index is 11.8. The molecule has 0 saturated carbocycles. The molecule has 0 atom stereocenters. The molecule has 88 valence electrons. The summed E-state index contributed by atoms with van der Waals surface area (Å²) in [5.41, 5.74) is 1.17. The van der Waals surface area contributed by atoms with Crippen LogP contribution in [-0.4, -0.2) is 21.1 Å². The second-order valence-corrected chi connectivity index (χ2v) is 4.15. The number of aromatic nitrogens is 3. The highest BCUT2D eigenvalue weighted by Crippen LogP contribution is 2.20. The van der Waals surface area contributed by atoms with Crippen LogP contribution < -0.4 is 5.32 Å². The molecule has 2 rings (SSSR count). The number of amides is 1. The summed E-state index contributed by atoms with van der Waals surface area (Å²) in [6.45, 7) is 1.84. The summed E-state index contributed by atoms with van der Waals surface area (Å²) in [6, 6.07) is 3.16. The molecule has 2 heterocycles. The summed E-state index contributed by atoms with van der Waals surface area (Å²) in [6.07, 6.45) is 1.35. The number of nitrogens with zero attached hydrogens (tertiary/aromatic N) is 2. The van der Waals surface area contributed by atoms with E-state index in [2.05, 4.69) is 20.5 Å². The Bertz CT molecular complexity index is 567. The van der Waals surface area contributed by atoms with Crippen molar-refractivity contribution in [3.05, 3.63) is 39.8 Å². The lowest BCUT2D eigenvalue weighted by molar-refractivity contribution is 0.102. The van der Waals surface area contributed by atoms with Crippen LogP contribution in [0.3, 0.4) is 0 Å². The van der Waals surface area contributed by atoms with Crippen LogP contribution in [0.2, 0.25) is 10.2 Å². The van der Waals surface area contributed by atoms with E-state index in [0.717, 1.165) is 5.69 Å². The number of carbonyl (C=O) groups excluding carboxylic acids is 1. The third-order valence-corrected chi connectivity index (χ3v) is 2.69. The van der Waals surface area contributed by atoms with E-state index in [9.17, 15) is 4.79 Å². The highest BCUT2D eigenvalue weighted by molar-refractivity contribution is 6.41. The molecule has 0 aromatic carbocycles. The van der Waals surface area contributed by atoms with Crippen LogP contribution in [0.15, 0.2) is 18.3 Å². The van der Waals surface area contributed by atoms with Crippen molar-refractivity contribution in [2.24, 2.45) is 0 Å². The fourth-order valence-electron chi connectivity index (χ4n) is 1.22. The van der Waals surface area contributed by atoms with Crippen molar-refractivity contribution in [3.8, 4) is 0 Å². The molecule has 2 N–H and O–H groups in total. The van der Waals surface area contributed by atoms with Crippen molar-refractivity contribution in [2.75, 3.05) is 5.32 Å². The van der Waals surface area contributed by atoms with Gasteiger partial charge in [0.25, 0.3) is 5.91 Å². The lowest BCUT2D eigenvalue weighted by atomic mass is 10.2. The van der Waals surface area contributed by atoms with Gasteiger partial charge in [-0.3, -0.25) is 9.89 Å². The SMILES string of the molecule is Cc1cc(NC(=O)c2cnc(Cl)c(Cl)c2)n[nH]1. The van der Waals surface area contributed by atoms with Gasteiger partial charge in [-0.15, -0.1) is 0 Å². The maximum Gasteiger partial charge on any atom is 0.258 e. The van der Waals surface area contributed by atoms with E-state index in [4.69, 9.17) is 23.2 Å². The second-order valence-electron chi connectivity index (χ2n) is 3.39. The van der Waals surface area contributed by atoms with Crippen molar-refractivity contribution in [3.63, 3.8) is 0 Å². The van der Waals surface area contributed by atoms with E-state index in [1.54, 1.807) is 6.07 Å². The number of nitrogens with one attached hydrogen (secondary N) is 2. The van der Waals surface area contributed by atoms with Gasteiger partial charge < -0.3 is 5.32 Å². The third kappa shape index (κ3) is 2.75. The van der Waals surface area contributed by atoms with Crippen molar-refractivity contribution in [2.45, 2.75) is 6.92 Å². The van der Waals surface area contributed by atoms with Crippen molar-refractivity contribution < 1.29 is 4.79 Å². The lowest BCUT2D eigenvalue weighted by Crippen LogP contribution is -2.12. The van der Waals surface area contributed by atoms with E-state index < -0.39 is 0 Å². The van der Waals surface area contributed by atoms with E-state index in [-0.39, 0.29) is 16.1 Å². The summed E-state index contributed by atoms with van der Waals surface area (Å²) in [7, 11) is 0. The van der Waals surface area contributed by atoms with Crippen molar-refractivity contribution >= 4 is 34.9 Å².